The zero-order valence-electron chi connectivity index (χ0n) is 11.2. The van der Waals surface area contributed by atoms with Crippen LogP contribution in [0.25, 0.3) is 0 Å². The molecule has 0 saturated carbocycles. The van der Waals surface area contributed by atoms with Gasteiger partial charge in [0.15, 0.2) is 5.78 Å². The summed E-state index contributed by atoms with van der Waals surface area (Å²) >= 11 is 0. The Kier molecular flexibility index (Phi) is 4.72. The van der Waals surface area contributed by atoms with Gasteiger partial charge in [0.2, 0.25) is 10.0 Å². The molecule has 0 aliphatic carbocycles. The van der Waals surface area contributed by atoms with Crippen LogP contribution in [0.15, 0.2) is 30.4 Å². The lowest BCUT2D eigenvalue weighted by Crippen LogP contribution is -2.12. The fourth-order valence-corrected chi connectivity index (χ4v) is 1.91. The number of nitrogens with one attached hydrogen (secondary N) is 1. The van der Waals surface area contributed by atoms with Gasteiger partial charge in [-0.3, -0.25) is 9.52 Å². The molecular weight excluding hydrogens is 266 g/mol. The summed E-state index contributed by atoms with van der Waals surface area (Å²) in [7, 11) is -3.44. The van der Waals surface area contributed by atoms with Crippen LogP contribution >= 0.6 is 0 Å². The van der Waals surface area contributed by atoms with E-state index in [-0.39, 0.29) is 18.1 Å². The van der Waals surface area contributed by atoms with Gasteiger partial charge in [-0.2, -0.15) is 0 Å². The number of hydrogen-bond acceptors (Lipinski definition) is 4. The van der Waals surface area contributed by atoms with E-state index in [4.69, 9.17) is 4.74 Å². The molecule has 0 aliphatic heterocycles. The summed E-state index contributed by atoms with van der Waals surface area (Å²) in [5.41, 5.74) is 1.46. The quantitative estimate of drug-likeness (QED) is 0.642. The Morgan fingerprint density at radius 3 is 2.47 bits per heavy atom. The molecular formula is C13H17NO4S. The standard InChI is InChI=1S/C13H17NO4S/c1-9(2)8-18-13-6-5-11(10(3)15)7-12(13)14-19(4,16)17/h5-7,14H,1,8H2,2-4H3. The van der Waals surface area contributed by atoms with Crippen LogP contribution in [0.1, 0.15) is 24.2 Å². The van der Waals surface area contributed by atoms with Crippen molar-refractivity contribution < 1.29 is 17.9 Å². The summed E-state index contributed by atoms with van der Waals surface area (Å²) in [4.78, 5) is 11.3. The van der Waals surface area contributed by atoms with Crippen LogP contribution in [0.5, 0.6) is 5.75 Å². The molecule has 0 heterocycles. The maximum Gasteiger partial charge on any atom is 0.229 e. The number of carbonyl (C=O) groups excluding carboxylic acids is 1. The molecule has 0 amide bonds. The van der Waals surface area contributed by atoms with Crippen molar-refractivity contribution in [2.45, 2.75) is 13.8 Å². The molecule has 5 nitrogen and oxygen atoms in total. The molecule has 0 atom stereocenters. The number of ketones is 1. The van der Waals surface area contributed by atoms with Crippen LogP contribution in [0.2, 0.25) is 0 Å². The minimum Gasteiger partial charge on any atom is -0.487 e. The number of Topliss-reactive ketones (excluding diaryl/α,β-unsaturated/α-hetero) is 1. The highest BCUT2D eigenvalue weighted by Gasteiger charge is 2.11. The van der Waals surface area contributed by atoms with E-state index in [2.05, 4.69) is 11.3 Å². The number of ether oxygens (including phenoxy) is 1. The van der Waals surface area contributed by atoms with Crippen LogP contribution in [0.4, 0.5) is 5.69 Å². The lowest BCUT2D eigenvalue weighted by atomic mass is 10.1. The van der Waals surface area contributed by atoms with Gasteiger partial charge < -0.3 is 4.74 Å². The highest BCUT2D eigenvalue weighted by atomic mass is 32.2. The molecule has 6 heteroatoms. The van der Waals surface area contributed by atoms with Crippen LogP contribution in [0, 0.1) is 0 Å². The Hall–Kier alpha value is -1.82. The summed E-state index contributed by atoms with van der Waals surface area (Å²) in [6, 6.07) is 4.61. The highest BCUT2D eigenvalue weighted by molar-refractivity contribution is 7.92. The van der Waals surface area contributed by atoms with Gasteiger partial charge in [-0.1, -0.05) is 6.58 Å². The molecule has 1 aromatic carbocycles. The summed E-state index contributed by atoms with van der Waals surface area (Å²) in [5.74, 6) is 0.210. The first-order valence-electron chi connectivity index (χ1n) is 5.59. The van der Waals surface area contributed by atoms with Gasteiger partial charge in [0.1, 0.15) is 12.4 Å². The van der Waals surface area contributed by atoms with E-state index >= 15 is 0 Å². The Morgan fingerprint density at radius 1 is 1.37 bits per heavy atom. The van der Waals surface area contributed by atoms with Gasteiger partial charge in [-0.15, -0.1) is 0 Å². The molecule has 0 spiro atoms. The average molecular weight is 283 g/mol. The van der Waals surface area contributed by atoms with Crippen LogP contribution < -0.4 is 9.46 Å². The third-order valence-electron chi connectivity index (χ3n) is 2.16. The Balaban J connectivity index is 3.14. The van der Waals surface area contributed by atoms with Crippen molar-refractivity contribution in [2.24, 2.45) is 0 Å². The zero-order valence-corrected chi connectivity index (χ0v) is 12.0. The monoisotopic (exact) mass is 283 g/mol. The fraction of sp³-hybridized carbons (Fsp3) is 0.308. The molecule has 0 aromatic heterocycles. The second kappa shape index (κ2) is 5.88. The Bertz CT molecular complexity index is 605. The average Bonchev–Trinajstić information content (AvgIpc) is 2.24. The van der Waals surface area contributed by atoms with E-state index in [9.17, 15) is 13.2 Å². The molecule has 1 rings (SSSR count). The summed E-state index contributed by atoms with van der Waals surface area (Å²) in [6.07, 6.45) is 1.04. The van der Waals surface area contributed by atoms with Crippen molar-refractivity contribution in [1.82, 2.24) is 0 Å². The smallest absolute Gasteiger partial charge is 0.229 e. The maximum atomic E-state index is 11.3. The van der Waals surface area contributed by atoms with Gasteiger partial charge in [0.25, 0.3) is 0 Å². The molecule has 1 aromatic rings. The van der Waals surface area contributed by atoms with Crippen molar-refractivity contribution in [3.8, 4) is 5.75 Å². The van der Waals surface area contributed by atoms with Gasteiger partial charge in [0, 0.05) is 5.56 Å². The van der Waals surface area contributed by atoms with Crippen molar-refractivity contribution in [3.05, 3.63) is 35.9 Å². The first kappa shape index (κ1) is 15.2. The van der Waals surface area contributed by atoms with Crippen LogP contribution in [-0.2, 0) is 10.0 Å². The largest absolute Gasteiger partial charge is 0.487 e. The Morgan fingerprint density at radius 2 is 2.00 bits per heavy atom. The zero-order chi connectivity index (χ0) is 14.6. The number of benzene rings is 1. The van der Waals surface area contributed by atoms with Gasteiger partial charge in [-0.05, 0) is 37.6 Å². The van der Waals surface area contributed by atoms with Crippen molar-refractivity contribution >= 4 is 21.5 Å². The lowest BCUT2D eigenvalue weighted by Gasteiger charge is -2.13. The van der Waals surface area contributed by atoms with E-state index in [1.807, 2.05) is 0 Å². The number of anilines is 1. The van der Waals surface area contributed by atoms with Crippen molar-refractivity contribution in [3.63, 3.8) is 0 Å². The third kappa shape index (κ3) is 5.13. The maximum absolute atomic E-state index is 11.3. The predicted octanol–water partition coefficient (Wildman–Crippen LogP) is 2.22. The molecule has 0 fully saturated rings. The van der Waals surface area contributed by atoms with E-state index in [1.54, 1.807) is 19.1 Å². The van der Waals surface area contributed by atoms with E-state index in [0.29, 0.717) is 11.3 Å². The van der Waals surface area contributed by atoms with Crippen molar-refractivity contribution in [1.29, 1.82) is 0 Å². The molecule has 0 radical (unpaired) electrons. The van der Waals surface area contributed by atoms with Crippen LogP contribution in [-0.4, -0.2) is 27.1 Å². The van der Waals surface area contributed by atoms with E-state index in [0.717, 1.165) is 11.8 Å². The van der Waals surface area contributed by atoms with E-state index < -0.39 is 10.0 Å². The molecule has 104 valence electrons. The fourth-order valence-electron chi connectivity index (χ4n) is 1.36. The third-order valence-corrected chi connectivity index (χ3v) is 2.75. The second-order valence-corrected chi connectivity index (χ2v) is 6.14. The number of rotatable bonds is 6. The van der Waals surface area contributed by atoms with Gasteiger partial charge in [0.05, 0.1) is 11.9 Å². The first-order chi connectivity index (χ1) is 8.69. The highest BCUT2D eigenvalue weighted by Crippen LogP contribution is 2.27. The number of carbonyl (C=O) groups is 1. The number of sulfonamides is 1. The summed E-state index contributed by atoms with van der Waals surface area (Å²) in [5, 5.41) is 0. The molecule has 1 N–H and O–H groups in total. The first-order valence-corrected chi connectivity index (χ1v) is 7.48. The second-order valence-electron chi connectivity index (χ2n) is 4.39. The van der Waals surface area contributed by atoms with Crippen LogP contribution in [0.3, 0.4) is 0 Å². The van der Waals surface area contributed by atoms with Gasteiger partial charge in [-0.25, -0.2) is 8.42 Å². The molecule has 0 bridgehead atoms. The molecule has 0 aliphatic rings. The van der Waals surface area contributed by atoms with Crippen molar-refractivity contribution in [2.75, 3.05) is 17.6 Å². The number of hydrogen-bond donors (Lipinski definition) is 1. The lowest BCUT2D eigenvalue weighted by molar-refractivity contribution is 0.101. The molecule has 19 heavy (non-hydrogen) atoms. The minimum absolute atomic E-state index is 0.150. The summed E-state index contributed by atoms with van der Waals surface area (Å²) in [6.45, 7) is 7.19. The Labute approximate surface area is 113 Å². The SMILES string of the molecule is C=C(C)COc1ccc(C(C)=O)cc1NS(C)(=O)=O. The minimum atomic E-state index is -3.44. The van der Waals surface area contributed by atoms with Gasteiger partial charge >= 0.3 is 0 Å². The molecule has 0 saturated heterocycles. The normalized spacial score (nSPS) is 10.9. The molecule has 0 unspecified atom stereocenters. The van der Waals surface area contributed by atoms with E-state index in [1.165, 1.54) is 13.0 Å². The predicted molar refractivity (Wildman–Crippen MR) is 75.2 cm³/mol. The topological polar surface area (TPSA) is 72.5 Å². The summed E-state index contributed by atoms with van der Waals surface area (Å²) < 4.78 is 30.4.